The molecule has 0 aliphatic heterocycles. The van der Waals surface area contributed by atoms with Crippen LogP contribution < -0.4 is 5.32 Å². The predicted octanol–water partition coefficient (Wildman–Crippen LogP) is 3.27. The maximum atomic E-state index is 13.7. The van der Waals surface area contributed by atoms with Gasteiger partial charge >= 0.3 is 0 Å². The van der Waals surface area contributed by atoms with Crippen LogP contribution in [0.4, 0.5) is 14.5 Å². The van der Waals surface area contributed by atoms with Gasteiger partial charge in [0.25, 0.3) is 5.69 Å². The minimum atomic E-state index is -1.33. The highest BCUT2D eigenvalue weighted by Gasteiger charge is 2.17. The molecule has 0 radical (unpaired) electrons. The molecule has 0 bridgehead atoms. The van der Waals surface area contributed by atoms with Crippen molar-refractivity contribution in [3.8, 4) is 6.07 Å². The average Bonchev–Trinajstić information content (AvgIpc) is 2.58. The van der Waals surface area contributed by atoms with Gasteiger partial charge in [-0.25, -0.2) is 8.78 Å². The molecule has 2 aromatic carbocycles. The number of hydrogen-bond donors (Lipinski definition) is 1. The van der Waals surface area contributed by atoms with Crippen molar-refractivity contribution < 1.29 is 18.5 Å². The number of rotatable bonds is 5. The molecular formula is C17H11F2N3O3. The number of nitrogens with one attached hydrogen (secondary N) is 1. The first kappa shape index (κ1) is 17.7. The normalized spacial score (nSPS) is 11.7. The Morgan fingerprint density at radius 2 is 2.00 bits per heavy atom. The number of para-hydroxylation sites is 1. The van der Waals surface area contributed by atoms with E-state index in [-0.39, 0.29) is 16.8 Å². The number of nitro benzene ring substituents is 1. The third kappa shape index (κ3) is 4.45. The highest BCUT2D eigenvalue weighted by molar-refractivity contribution is 5.92. The number of benzene rings is 2. The molecule has 0 aromatic heterocycles. The molecule has 1 N–H and O–H groups in total. The van der Waals surface area contributed by atoms with Gasteiger partial charge in [0.2, 0.25) is 5.91 Å². The van der Waals surface area contributed by atoms with Crippen molar-refractivity contribution >= 4 is 17.7 Å². The number of halogens is 2. The lowest BCUT2D eigenvalue weighted by Crippen LogP contribution is -2.26. The van der Waals surface area contributed by atoms with Crippen molar-refractivity contribution in [2.45, 2.75) is 6.04 Å². The monoisotopic (exact) mass is 343 g/mol. The highest BCUT2D eigenvalue weighted by Crippen LogP contribution is 2.20. The Hall–Kier alpha value is -3.60. The molecule has 6 nitrogen and oxygen atoms in total. The van der Waals surface area contributed by atoms with Crippen molar-refractivity contribution in [2.24, 2.45) is 0 Å². The molecule has 1 amide bonds. The summed E-state index contributed by atoms with van der Waals surface area (Å²) in [6.07, 6.45) is 2.21. The zero-order valence-corrected chi connectivity index (χ0v) is 12.6. The van der Waals surface area contributed by atoms with Crippen LogP contribution in [0.15, 0.2) is 48.5 Å². The van der Waals surface area contributed by atoms with Crippen LogP contribution in [-0.2, 0) is 4.79 Å². The van der Waals surface area contributed by atoms with Crippen LogP contribution in [0.1, 0.15) is 17.2 Å². The molecule has 126 valence electrons. The van der Waals surface area contributed by atoms with Crippen LogP contribution in [0.2, 0.25) is 0 Å². The molecule has 25 heavy (non-hydrogen) atoms. The maximum absolute atomic E-state index is 13.7. The Morgan fingerprint density at radius 3 is 2.64 bits per heavy atom. The van der Waals surface area contributed by atoms with E-state index in [0.29, 0.717) is 6.07 Å². The Labute approximate surface area is 141 Å². The summed E-state index contributed by atoms with van der Waals surface area (Å²) < 4.78 is 26.6. The van der Waals surface area contributed by atoms with Crippen LogP contribution in [-0.4, -0.2) is 10.8 Å². The number of hydrogen-bond acceptors (Lipinski definition) is 4. The van der Waals surface area contributed by atoms with Gasteiger partial charge in [-0.1, -0.05) is 18.2 Å². The van der Waals surface area contributed by atoms with Crippen LogP contribution in [0.5, 0.6) is 0 Å². The van der Waals surface area contributed by atoms with Crippen LogP contribution >= 0.6 is 0 Å². The Morgan fingerprint density at radius 1 is 1.28 bits per heavy atom. The van der Waals surface area contributed by atoms with Gasteiger partial charge in [-0.05, 0) is 18.2 Å². The first-order chi connectivity index (χ1) is 11.9. The second-order valence-corrected chi connectivity index (χ2v) is 4.89. The minimum Gasteiger partial charge on any atom is -0.333 e. The maximum Gasteiger partial charge on any atom is 0.276 e. The van der Waals surface area contributed by atoms with E-state index in [0.717, 1.165) is 18.2 Å². The van der Waals surface area contributed by atoms with E-state index in [4.69, 9.17) is 5.26 Å². The van der Waals surface area contributed by atoms with Gasteiger partial charge in [0.05, 0.1) is 16.6 Å². The molecule has 2 aromatic rings. The third-order valence-corrected chi connectivity index (χ3v) is 3.24. The van der Waals surface area contributed by atoms with Crippen LogP contribution in [0.3, 0.4) is 0 Å². The summed E-state index contributed by atoms with van der Waals surface area (Å²) in [4.78, 5) is 22.2. The topological polar surface area (TPSA) is 96.0 Å². The average molecular weight is 343 g/mol. The molecule has 0 unspecified atom stereocenters. The standard InChI is InChI=1S/C17H11F2N3O3/c18-12-6-7-13(14(19)9-12)15(10-20)21-17(23)8-5-11-3-1-2-4-16(11)22(24)25/h1-9,15H,(H,21,23)/b8-5+/t15-/m1/s1. The summed E-state index contributed by atoms with van der Waals surface area (Å²) in [7, 11) is 0. The second kappa shape index (κ2) is 7.79. The molecule has 0 saturated heterocycles. The van der Waals surface area contributed by atoms with Crippen molar-refractivity contribution in [2.75, 3.05) is 0 Å². The molecule has 0 spiro atoms. The summed E-state index contributed by atoms with van der Waals surface area (Å²) in [5.41, 5.74) is -0.173. The van der Waals surface area contributed by atoms with E-state index in [1.54, 1.807) is 12.1 Å². The number of carbonyl (C=O) groups is 1. The second-order valence-electron chi connectivity index (χ2n) is 4.89. The number of amides is 1. The Balaban J connectivity index is 2.16. The summed E-state index contributed by atoms with van der Waals surface area (Å²) in [5, 5.41) is 22.2. The third-order valence-electron chi connectivity index (χ3n) is 3.24. The van der Waals surface area contributed by atoms with Crippen molar-refractivity contribution in [3.63, 3.8) is 0 Å². The number of nitro groups is 1. The van der Waals surface area contributed by atoms with Gasteiger partial charge in [-0.3, -0.25) is 14.9 Å². The zero-order chi connectivity index (χ0) is 18.4. The Kier molecular flexibility index (Phi) is 5.53. The quantitative estimate of drug-likeness (QED) is 0.512. The first-order valence-electron chi connectivity index (χ1n) is 6.99. The highest BCUT2D eigenvalue weighted by atomic mass is 19.1. The molecule has 0 aliphatic rings. The fourth-order valence-corrected chi connectivity index (χ4v) is 2.07. The van der Waals surface area contributed by atoms with Gasteiger partial charge < -0.3 is 5.32 Å². The number of carbonyl (C=O) groups excluding carboxylic acids is 1. The summed E-state index contributed by atoms with van der Waals surface area (Å²) >= 11 is 0. The van der Waals surface area contributed by atoms with Gasteiger partial charge in [0.15, 0.2) is 0 Å². The van der Waals surface area contributed by atoms with Gasteiger partial charge in [0, 0.05) is 23.8 Å². The van der Waals surface area contributed by atoms with E-state index in [1.807, 2.05) is 0 Å². The predicted molar refractivity (Wildman–Crippen MR) is 85.0 cm³/mol. The zero-order valence-electron chi connectivity index (χ0n) is 12.6. The SMILES string of the molecule is N#C[C@@H](NC(=O)/C=C/c1ccccc1[N+](=O)[O-])c1ccc(F)cc1F. The van der Waals surface area contributed by atoms with Crippen LogP contribution in [0.25, 0.3) is 6.08 Å². The van der Waals surface area contributed by atoms with Crippen molar-refractivity contribution in [1.82, 2.24) is 5.32 Å². The number of nitrogens with zero attached hydrogens (tertiary/aromatic N) is 2. The van der Waals surface area contributed by atoms with Crippen molar-refractivity contribution in [3.05, 3.63) is 81.4 Å². The van der Waals surface area contributed by atoms with E-state index < -0.39 is 28.5 Å². The lowest BCUT2D eigenvalue weighted by Gasteiger charge is -2.11. The first-order valence-corrected chi connectivity index (χ1v) is 6.99. The largest absolute Gasteiger partial charge is 0.333 e. The molecule has 1 atom stereocenters. The fraction of sp³-hybridized carbons (Fsp3) is 0.0588. The van der Waals surface area contributed by atoms with Gasteiger partial charge in [0.1, 0.15) is 17.7 Å². The van der Waals surface area contributed by atoms with Crippen LogP contribution in [0, 0.1) is 33.1 Å². The van der Waals surface area contributed by atoms with E-state index in [2.05, 4.69) is 5.32 Å². The molecule has 0 heterocycles. The lowest BCUT2D eigenvalue weighted by molar-refractivity contribution is -0.385. The molecule has 8 heteroatoms. The summed E-state index contributed by atoms with van der Waals surface area (Å²) in [6, 6.07) is 8.79. The van der Waals surface area contributed by atoms with E-state index >= 15 is 0 Å². The van der Waals surface area contributed by atoms with E-state index in [1.165, 1.54) is 24.3 Å². The molecular weight excluding hydrogens is 332 g/mol. The summed E-state index contributed by atoms with van der Waals surface area (Å²) in [5.74, 6) is -2.52. The molecule has 0 aliphatic carbocycles. The van der Waals surface area contributed by atoms with Gasteiger partial charge in [-0.15, -0.1) is 0 Å². The fourth-order valence-electron chi connectivity index (χ4n) is 2.07. The van der Waals surface area contributed by atoms with E-state index in [9.17, 15) is 23.7 Å². The molecule has 2 rings (SSSR count). The van der Waals surface area contributed by atoms with Crippen molar-refractivity contribution in [1.29, 1.82) is 5.26 Å². The Bertz CT molecular complexity index is 891. The molecule has 0 saturated carbocycles. The smallest absolute Gasteiger partial charge is 0.276 e. The number of nitriles is 1. The lowest BCUT2D eigenvalue weighted by atomic mass is 10.1. The van der Waals surface area contributed by atoms with Gasteiger partial charge in [-0.2, -0.15) is 5.26 Å². The minimum absolute atomic E-state index is 0.184. The molecule has 0 fully saturated rings. The summed E-state index contributed by atoms with van der Waals surface area (Å²) in [6.45, 7) is 0.